The topological polar surface area (TPSA) is 51.4 Å². The quantitative estimate of drug-likeness (QED) is 0.640. The van der Waals surface area contributed by atoms with Gasteiger partial charge in [-0.25, -0.2) is 0 Å². The molecule has 2 rings (SSSR count). The van der Waals surface area contributed by atoms with E-state index in [0.717, 1.165) is 48.5 Å². The molecule has 0 fully saturated rings. The maximum absolute atomic E-state index is 6.29. The predicted molar refractivity (Wildman–Crippen MR) is 80.5 cm³/mol. The fourth-order valence-electron chi connectivity index (χ4n) is 2.22. The largest absolute Gasteiger partial charge is 0.397 e. The molecule has 0 amide bonds. The molecule has 0 aliphatic heterocycles. The second-order valence-electron chi connectivity index (χ2n) is 4.37. The van der Waals surface area contributed by atoms with E-state index < -0.39 is 0 Å². The van der Waals surface area contributed by atoms with Gasteiger partial charge in [0.2, 0.25) is 0 Å². The third-order valence-electron chi connectivity index (χ3n) is 3.27. The van der Waals surface area contributed by atoms with Crippen LogP contribution in [0.1, 0.15) is 13.8 Å². The summed E-state index contributed by atoms with van der Waals surface area (Å²) in [7, 11) is 0. The van der Waals surface area contributed by atoms with Crippen molar-refractivity contribution in [2.24, 2.45) is 0 Å². The molecule has 0 aliphatic rings. The minimum Gasteiger partial charge on any atom is -0.397 e. The lowest BCUT2D eigenvalue weighted by Crippen LogP contribution is -2.27. The van der Waals surface area contributed by atoms with E-state index in [9.17, 15) is 0 Å². The molecule has 102 valence electrons. The highest BCUT2D eigenvalue weighted by molar-refractivity contribution is 5.98. The van der Waals surface area contributed by atoms with Crippen LogP contribution in [0.5, 0.6) is 0 Å². The monoisotopic (exact) mass is 259 g/mol. The summed E-state index contributed by atoms with van der Waals surface area (Å²) in [5, 5.41) is 2.13. The SMILES string of the molecule is CCOCCN(CC)c1ccc2cnccc2c1N. The van der Waals surface area contributed by atoms with Crippen molar-refractivity contribution in [3.63, 3.8) is 0 Å². The second-order valence-corrected chi connectivity index (χ2v) is 4.37. The van der Waals surface area contributed by atoms with Crippen molar-refractivity contribution < 1.29 is 4.74 Å². The molecule has 1 aromatic carbocycles. The Kier molecular flexibility index (Phi) is 4.58. The third-order valence-corrected chi connectivity index (χ3v) is 3.27. The number of nitrogens with two attached hydrogens (primary N) is 1. The average Bonchev–Trinajstić information content (AvgIpc) is 2.45. The standard InChI is InChI=1S/C15H21N3O/c1-3-18(9-10-19-4-2)14-6-5-12-11-17-8-7-13(12)15(14)16/h5-8,11H,3-4,9-10,16H2,1-2H3. The lowest BCUT2D eigenvalue weighted by atomic mass is 10.1. The molecule has 0 saturated carbocycles. The lowest BCUT2D eigenvalue weighted by molar-refractivity contribution is 0.154. The van der Waals surface area contributed by atoms with Crippen molar-refractivity contribution in [2.45, 2.75) is 13.8 Å². The zero-order valence-corrected chi connectivity index (χ0v) is 11.6. The van der Waals surface area contributed by atoms with E-state index in [1.807, 2.05) is 19.2 Å². The Balaban J connectivity index is 2.29. The van der Waals surface area contributed by atoms with Crippen LogP contribution in [0, 0.1) is 0 Å². The van der Waals surface area contributed by atoms with Gasteiger partial charge < -0.3 is 15.4 Å². The van der Waals surface area contributed by atoms with Crippen LogP contribution < -0.4 is 10.6 Å². The highest BCUT2D eigenvalue weighted by Gasteiger charge is 2.10. The molecule has 2 N–H and O–H groups in total. The Hall–Kier alpha value is -1.81. The van der Waals surface area contributed by atoms with E-state index in [0.29, 0.717) is 0 Å². The van der Waals surface area contributed by atoms with Gasteiger partial charge in [-0.2, -0.15) is 0 Å². The maximum Gasteiger partial charge on any atom is 0.0641 e. The van der Waals surface area contributed by atoms with Gasteiger partial charge in [0.05, 0.1) is 18.0 Å². The molecule has 4 nitrogen and oxygen atoms in total. The highest BCUT2D eigenvalue weighted by Crippen LogP contribution is 2.30. The fourth-order valence-corrected chi connectivity index (χ4v) is 2.22. The Bertz CT molecular complexity index is 542. The number of rotatable bonds is 6. The normalized spacial score (nSPS) is 10.8. The molecule has 2 aromatic rings. The predicted octanol–water partition coefficient (Wildman–Crippen LogP) is 2.68. The summed E-state index contributed by atoms with van der Waals surface area (Å²) in [6.07, 6.45) is 3.62. The van der Waals surface area contributed by atoms with Crippen LogP contribution in [-0.2, 0) is 4.74 Å². The van der Waals surface area contributed by atoms with Crippen molar-refractivity contribution >= 4 is 22.1 Å². The fraction of sp³-hybridized carbons (Fsp3) is 0.400. The summed E-state index contributed by atoms with van der Waals surface area (Å²) in [6.45, 7) is 7.36. The van der Waals surface area contributed by atoms with E-state index in [1.165, 1.54) is 0 Å². The van der Waals surface area contributed by atoms with Crippen LogP contribution in [0.25, 0.3) is 10.8 Å². The van der Waals surface area contributed by atoms with Crippen molar-refractivity contribution in [3.8, 4) is 0 Å². The molecule has 0 aliphatic carbocycles. The molecular weight excluding hydrogens is 238 g/mol. The van der Waals surface area contributed by atoms with Crippen LogP contribution in [0.4, 0.5) is 11.4 Å². The zero-order valence-electron chi connectivity index (χ0n) is 11.6. The summed E-state index contributed by atoms with van der Waals surface area (Å²) in [4.78, 5) is 6.36. The number of hydrogen-bond donors (Lipinski definition) is 1. The van der Waals surface area contributed by atoms with E-state index in [-0.39, 0.29) is 0 Å². The van der Waals surface area contributed by atoms with Crippen LogP contribution >= 0.6 is 0 Å². The molecule has 1 heterocycles. The summed E-state index contributed by atoms with van der Waals surface area (Å²) < 4.78 is 5.42. The van der Waals surface area contributed by atoms with Gasteiger partial charge in [-0.15, -0.1) is 0 Å². The van der Waals surface area contributed by atoms with Gasteiger partial charge >= 0.3 is 0 Å². The molecular formula is C15H21N3O. The van der Waals surface area contributed by atoms with E-state index in [4.69, 9.17) is 10.5 Å². The van der Waals surface area contributed by atoms with Crippen LogP contribution in [0.2, 0.25) is 0 Å². The number of aromatic nitrogens is 1. The van der Waals surface area contributed by atoms with Crippen LogP contribution in [-0.4, -0.2) is 31.3 Å². The van der Waals surface area contributed by atoms with Gasteiger partial charge in [0.15, 0.2) is 0 Å². The summed E-state index contributed by atoms with van der Waals surface area (Å²) in [5.41, 5.74) is 8.18. The Labute approximate surface area is 114 Å². The molecule has 0 spiro atoms. The first kappa shape index (κ1) is 13.6. The zero-order chi connectivity index (χ0) is 13.7. The molecule has 0 bridgehead atoms. The molecule has 0 atom stereocenters. The Morgan fingerprint density at radius 2 is 2.11 bits per heavy atom. The highest BCUT2D eigenvalue weighted by atomic mass is 16.5. The lowest BCUT2D eigenvalue weighted by Gasteiger charge is -2.25. The number of anilines is 2. The smallest absolute Gasteiger partial charge is 0.0641 e. The first-order valence-electron chi connectivity index (χ1n) is 6.72. The first-order chi connectivity index (χ1) is 9.27. The van der Waals surface area contributed by atoms with Crippen LogP contribution in [0.15, 0.2) is 30.6 Å². The molecule has 0 saturated heterocycles. The van der Waals surface area contributed by atoms with Crippen molar-refractivity contribution in [3.05, 3.63) is 30.6 Å². The molecule has 19 heavy (non-hydrogen) atoms. The Morgan fingerprint density at radius 1 is 1.26 bits per heavy atom. The van der Waals surface area contributed by atoms with E-state index >= 15 is 0 Å². The summed E-state index contributed by atoms with van der Waals surface area (Å²) in [5.74, 6) is 0. The van der Waals surface area contributed by atoms with Gasteiger partial charge in [0.25, 0.3) is 0 Å². The number of fused-ring (bicyclic) bond motifs is 1. The van der Waals surface area contributed by atoms with Gasteiger partial charge in [-0.05, 0) is 26.0 Å². The first-order valence-corrected chi connectivity index (χ1v) is 6.72. The number of nitrogens with zero attached hydrogens (tertiary/aromatic N) is 2. The molecule has 0 radical (unpaired) electrons. The average molecular weight is 259 g/mol. The van der Waals surface area contributed by atoms with Gasteiger partial charge in [-0.3, -0.25) is 4.98 Å². The van der Waals surface area contributed by atoms with Crippen molar-refractivity contribution in [1.82, 2.24) is 4.98 Å². The van der Waals surface area contributed by atoms with E-state index in [2.05, 4.69) is 28.9 Å². The number of benzene rings is 1. The van der Waals surface area contributed by atoms with Gasteiger partial charge in [-0.1, -0.05) is 6.07 Å². The van der Waals surface area contributed by atoms with Crippen molar-refractivity contribution in [2.75, 3.05) is 36.9 Å². The van der Waals surface area contributed by atoms with E-state index in [1.54, 1.807) is 6.20 Å². The third kappa shape index (κ3) is 2.96. The van der Waals surface area contributed by atoms with Gasteiger partial charge in [0, 0.05) is 42.9 Å². The minimum atomic E-state index is 0.720. The number of pyridine rings is 1. The molecule has 1 aromatic heterocycles. The number of likely N-dealkylation sites (N-methyl/N-ethyl adjacent to an activating group) is 1. The minimum absolute atomic E-state index is 0.720. The second kappa shape index (κ2) is 6.38. The number of ether oxygens (including phenoxy) is 1. The Morgan fingerprint density at radius 3 is 2.84 bits per heavy atom. The summed E-state index contributed by atoms with van der Waals surface area (Å²) >= 11 is 0. The van der Waals surface area contributed by atoms with Gasteiger partial charge in [0.1, 0.15) is 0 Å². The number of hydrogen-bond acceptors (Lipinski definition) is 4. The number of nitrogen functional groups attached to an aromatic ring is 1. The maximum atomic E-state index is 6.29. The van der Waals surface area contributed by atoms with Crippen LogP contribution in [0.3, 0.4) is 0 Å². The molecule has 0 unspecified atom stereocenters. The molecule has 4 heteroatoms. The van der Waals surface area contributed by atoms with Crippen molar-refractivity contribution in [1.29, 1.82) is 0 Å². The summed E-state index contributed by atoms with van der Waals surface area (Å²) in [6, 6.07) is 6.09.